The molecular weight excluding hydrogens is 388 g/mol. The molecule has 0 saturated carbocycles. The van der Waals surface area contributed by atoms with Gasteiger partial charge in [0.05, 0.1) is 0 Å². The van der Waals surface area contributed by atoms with E-state index in [1.54, 1.807) is 18.2 Å². The summed E-state index contributed by atoms with van der Waals surface area (Å²) >= 11 is 6.06. The molecular formula is C23H23ClN2O3. The van der Waals surface area contributed by atoms with Gasteiger partial charge in [-0.05, 0) is 47.5 Å². The molecule has 0 aromatic heterocycles. The fourth-order valence-corrected chi connectivity index (χ4v) is 3.32. The fourth-order valence-electron chi connectivity index (χ4n) is 3.14. The van der Waals surface area contributed by atoms with Crippen molar-refractivity contribution in [2.45, 2.75) is 0 Å². The number of anilines is 1. The van der Waals surface area contributed by atoms with Crippen LogP contribution in [-0.4, -0.2) is 54.5 Å². The molecule has 1 fully saturated rings. The van der Waals surface area contributed by atoms with E-state index >= 15 is 0 Å². The van der Waals surface area contributed by atoms with E-state index in [0.29, 0.717) is 18.1 Å². The van der Waals surface area contributed by atoms with Crippen molar-refractivity contribution in [2.75, 3.05) is 37.7 Å². The number of hydrogen-bond donors (Lipinski definition) is 1. The summed E-state index contributed by atoms with van der Waals surface area (Å²) in [6, 6.07) is 15.2. The number of piperazine rings is 1. The number of aliphatic hydroxyl groups excluding tert-OH is 1. The normalized spacial score (nSPS) is 14.7. The Morgan fingerprint density at radius 3 is 2.24 bits per heavy atom. The lowest BCUT2D eigenvalue weighted by molar-refractivity contribution is -0.126. The molecule has 29 heavy (non-hydrogen) atoms. The van der Waals surface area contributed by atoms with Gasteiger partial charge in [-0.2, -0.15) is 0 Å². The van der Waals surface area contributed by atoms with Crippen LogP contribution in [0.15, 0.2) is 60.7 Å². The summed E-state index contributed by atoms with van der Waals surface area (Å²) in [6.07, 6.45) is 6.34. The number of carbonyl (C=O) groups excluding carboxylic acids is 2. The van der Waals surface area contributed by atoms with Gasteiger partial charge in [-0.25, -0.2) is 0 Å². The van der Waals surface area contributed by atoms with Crippen molar-refractivity contribution in [1.29, 1.82) is 0 Å². The molecule has 6 heteroatoms. The van der Waals surface area contributed by atoms with Crippen LogP contribution in [0, 0.1) is 0 Å². The SMILES string of the molecule is O=C(/C=C/c1cccc(/C=C/C(=O)N2CCN(c3cccc(Cl)c3)CC2)c1)CO. The number of amides is 1. The average molecular weight is 411 g/mol. The molecule has 0 atom stereocenters. The highest BCUT2D eigenvalue weighted by molar-refractivity contribution is 6.30. The molecule has 0 aliphatic carbocycles. The van der Waals surface area contributed by atoms with Gasteiger partial charge in [0.25, 0.3) is 0 Å². The summed E-state index contributed by atoms with van der Waals surface area (Å²) in [4.78, 5) is 27.8. The van der Waals surface area contributed by atoms with Crippen LogP contribution in [0.25, 0.3) is 12.2 Å². The number of ketones is 1. The van der Waals surface area contributed by atoms with Gasteiger partial charge in [0.2, 0.25) is 5.91 Å². The van der Waals surface area contributed by atoms with Gasteiger partial charge in [-0.1, -0.05) is 41.9 Å². The Bertz CT molecular complexity index is 931. The summed E-state index contributed by atoms with van der Waals surface area (Å²) in [5.74, 6) is -0.370. The topological polar surface area (TPSA) is 60.9 Å². The second-order valence-electron chi connectivity index (χ2n) is 6.75. The van der Waals surface area contributed by atoms with Crippen molar-refractivity contribution >= 4 is 41.1 Å². The Morgan fingerprint density at radius 1 is 0.931 bits per heavy atom. The number of rotatable bonds is 6. The largest absolute Gasteiger partial charge is 0.388 e. The third kappa shape index (κ3) is 6.04. The summed E-state index contributed by atoms with van der Waals surface area (Å²) in [5.41, 5.74) is 2.77. The van der Waals surface area contributed by atoms with Gasteiger partial charge < -0.3 is 14.9 Å². The van der Waals surface area contributed by atoms with Crippen molar-refractivity contribution in [3.05, 3.63) is 76.8 Å². The van der Waals surface area contributed by atoms with E-state index in [-0.39, 0.29) is 11.7 Å². The van der Waals surface area contributed by atoms with Crippen molar-refractivity contribution in [2.24, 2.45) is 0 Å². The zero-order valence-electron chi connectivity index (χ0n) is 16.0. The Kier molecular flexibility index (Phi) is 7.22. The van der Waals surface area contributed by atoms with E-state index in [9.17, 15) is 9.59 Å². The van der Waals surface area contributed by atoms with Crippen molar-refractivity contribution in [1.82, 2.24) is 4.90 Å². The molecule has 5 nitrogen and oxygen atoms in total. The first kappa shape index (κ1) is 20.8. The molecule has 0 unspecified atom stereocenters. The van der Waals surface area contributed by atoms with E-state index in [1.165, 1.54) is 6.08 Å². The Hall–Kier alpha value is -2.89. The molecule has 150 valence electrons. The zero-order chi connectivity index (χ0) is 20.6. The minimum atomic E-state index is -0.505. The first-order chi connectivity index (χ1) is 14.0. The number of hydrogen-bond acceptors (Lipinski definition) is 4. The van der Waals surface area contributed by atoms with Gasteiger partial charge in [0.1, 0.15) is 6.61 Å². The predicted molar refractivity (Wildman–Crippen MR) is 117 cm³/mol. The monoisotopic (exact) mass is 410 g/mol. The van der Waals surface area contributed by atoms with Crippen molar-refractivity contribution in [3.63, 3.8) is 0 Å². The lowest BCUT2D eigenvalue weighted by atomic mass is 10.1. The highest BCUT2D eigenvalue weighted by atomic mass is 35.5. The van der Waals surface area contributed by atoms with Crippen LogP contribution in [0.3, 0.4) is 0 Å². The summed E-state index contributed by atoms with van der Waals surface area (Å²) < 4.78 is 0. The molecule has 1 saturated heterocycles. The highest BCUT2D eigenvalue weighted by Gasteiger charge is 2.19. The molecule has 1 aliphatic rings. The molecule has 1 N–H and O–H groups in total. The predicted octanol–water partition coefficient (Wildman–Crippen LogP) is 3.28. The molecule has 3 rings (SSSR count). The lowest BCUT2D eigenvalue weighted by Crippen LogP contribution is -2.48. The van der Waals surface area contributed by atoms with E-state index in [1.807, 2.05) is 53.4 Å². The molecule has 1 heterocycles. The lowest BCUT2D eigenvalue weighted by Gasteiger charge is -2.35. The molecule has 1 amide bonds. The molecule has 2 aromatic carbocycles. The van der Waals surface area contributed by atoms with Gasteiger partial charge in [0.15, 0.2) is 5.78 Å². The van der Waals surface area contributed by atoms with Crippen LogP contribution < -0.4 is 4.90 Å². The number of aliphatic hydroxyl groups is 1. The first-order valence-corrected chi connectivity index (χ1v) is 9.82. The molecule has 0 spiro atoms. The average Bonchev–Trinajstić information content (AvgIpc) is 2.76. The number of benzene rings is 2. The van der Waals surface area contributed by atoms with E-state index in [2.05, 4.69) is 4.90 Å². The van der Waals surface area contributed by atoms with E-state index in [4.69, 9.17) is 16.7 Å². The van der Waals surface area contributed by atoms with Gasteiger partial charge in [-0.15, -0.1) is 0 Å². The second kappa shape index (κ2) is 10.0. The molecule has 2 aromatic rings. The smallest absolute Gasteiger partial charge is 0.246 e. The van der Waals surface area contributed by atoms with Crippen LogP contribution in [0.5, 0.6) is 0 Å². The summed E-state index contributed by atoms with van der Waals surface area (Å²) in [6.45, 7) is 2.33. The highest BCUT2D eigenvalue weighted by Crippen LogP contribution is 2.21. The molecule has 0 bridgehead atoms. The van der Waals surface area contributed by atoms with Crippen molar-refractivity contribution in [3.8, 4) is 0 Å². The molecule has 0 radical (unpaired) electrons. The van der Waals surface area contributed by atoms with Gasteiger partial charge in [-0.3, -0.25) is 9.59 Å². The fraction of sp³-hybridized carbons (Fsp3) is 0.217. The maximum Gasteiger partial charge on any atom is 0.246 e. The Morgan fingerprint density at radius 2 is 1.59 bits per heavy atom. The third-order valence-electron chi connectivity index (χ3n) is 4.71. The molecule has 1 aliphatic heterocycles. The minimum Gasteiger partial charge on any atom is -0.388 e. The van der Waals surface area contributed by atoms with Crippen LogP contribution >= 0.6 is 11.6 Å². The number of nitrogens with zero attached hydrogens (tertiary/aromatic N) is 2. The summed E-state index contributed by atoms with van der Waals surface area (Å²) in [7, 11) is 0. The van der Waals surface area contributed by atoms with Crippen LogP contribution in [0.1, 0.15) is 11.1 Å². The zero-order valence-corrected chi connectivity index (χ0v) is 16.8. The maximum atomic E-state index is 12.5. The van der Waals surface area contributed by atoms with Crippen LogP contribution in [0.4, 0.5) is 5.69 Å². The van der Waals surface area contributed by atoms with Crippen LogP contribution in [0.2, 0.25) is 5.02 Å². The van der Waals surface area contributed by atoms with Gasteiger partial charge >= 0.3 is 0 Å². The van der Waals surface area contributed by atoms with Gasteiger partial charge in [0, 0.05) is 43.0 Å². The standard InChI is InChI=1S/C23H23ClN2O3/c24-20-5-2-6-21(16-20)25-11-13-26(14-12-25)23(29)10-8-19-4-1-3-18(15-19)7-9-22(28)17-27/h1-10,15-16,27H,11-14,17H2/b9-7+,10-8+. The third-order valence-corrected chi connectivity index (χ3v) is 4.95. The Balaban J connectivity index is 1.56. The first-order valence-electron chi connectivity index (χ1n) is 9.44. The van der Waals surface area contributed by atoms with Crippen molar-refractivity contribution < 1.29 is 14.7 Å². The Labute approximate surface area is 175 Å². The summed E-state index contributed by atoms with van der Waals surface area (Å²) in [5, 5.41) is 9.48. The number of halogens is 1. The van der Waals surface area contributed by atoms with Crippen LogP contribution in [-0.2, 0) is 9.59 Å². The second-order valence-corrected chi connectivity index (χ2v) is 7.19. The van der Waals surface area contributed by atoms with E-state index < -0.39 is 6.61 Å². The van der Waals surface area contributed by atoms with E-state index in [0.717, 1.165) is 29.9 Å². The maximum absolute atomic E-state index is 12.5. The minimum absolute atomic E-state index is 0.0212. The quantitative estimate of drug-likeness (QED) is 0.742. The number of carbonyl (C=O) groups is 2.